The molecule has 1 fully saturated rings. The van der Waals surface area contributed by atoms with Crippen molar-refractivity contribution in [3.05, 3.63) is 12.2 Å². The number of allylic oxidation sites excluding steroid dienone is 2. The first-order valence-corrected chi connectivity index (χ1v) is 4.79. The Morgan fingerprint density at radius 2 is 2.33 bits per heavy atom. The summed E-state index contributed by atoms with van der Waals surface area (Å²) < 4.78 is 0. The lowest BCUT2D eigenvalue weighted by Gasteiger charge is -2.32. The van der Waals surface area contributed by atoms with Gasteiger partial charge in [-0.05, 0) is 38.0 Å². The Bertz CT molecular complexity index is 220. The molecule has 12 heavy (non-hydrogen) atoms. The van der Waals surface area contributed by atoms with Crippen molar-refractivity contribution in [3.8, 4) is 0 Å². The average molecular weight is 165 g/mol. The van der Waals surface area contributed by atoms with Gasteiger partial charge < -0.3 is 5.21 Å². The molecule has 2 unspecified atom stereocenters. The molecule has 0 aromatic carbocycles. The van der Waals surface area contributed by atoms with Crippen LogP contribution in [0.25, 0.3) is 0 Å². The van der Waals surface area contributed by atoms with Crippen LogP contribution in [-0.4, -0.2) is 10.9 Å². The molecule has 2 aliphatic rings. The van der Waals surface area contributed by atoms with Crippen molar-refractivity contribution in [1.29, 1.82) is 0 Å². The van der Waals surface area contributed by atoms with E-state index in [-0.39, 0.29) is 0 Å². The van der Waals surface area contributed by atoms with Crippen LogP contribution < -0.4 is 0 Å². The van der Waals surface area contributed by atoms with Crippen LogP contribution in [0.4, 0.5) is 0 Å². The zero-order valence-corrected chi connectivity index (χ0v) is 7.24. The van der Waals surface area contributed by atoms with Gasteiger partial charge in [-0.3, -0.25) is 0 Å². The van der Waals surface area contributed by atoms with Gasteiger partial charge in [-0.15, -0.1) is 0 Å². The smallest absolute Gasteiger partial charge is 0.0641 e. The lowest BCUT2D eigenvalue weighted by Crippen LogP contribution is -2.28. The number of rotatable bonds is 0. The zero-order chi connectivity index (χ0) is 8.39. The first-order chi connectivity index (χ1) is 5.92. The van der Waals surface area contributed by atoms with Crippen molar-refractivity contribution in [2.45, 2.75) is 32.1 Å². The molecule has 0 heterocycles. The molecular formula is C10H15NO. The van der Waals surface area contributed by atoms with Gasteiger partial charge in [0.25, 0.3) is 0 Å². The molecule has 2 nitrogen and oxygen atoms in total. The molecule has 66 valence electrons. The van der Waals surface area contributed by atoms with E-state index in [4.69, 9.17) is 5.21 Å². The third kappa shape index (κ3) is 1.26. The summed E-state index contributed by atoms with van der Waals surface area (Å²) >= 11 is 0. The van der Waals surface area contributed by atoms with Gasteiger partial charge >= 0.3 is 0 Å². The summed E-state index contributed by atoms with van der Waals surface area (Å²) in [5.74, 6) is 1.21. The number of hydrogen-bond acceptors (Lipinski definition) is 2. The van der Waals surface area contributed by atoms with E-state index in [1.54, 1.807) is 0 Å². The summed E-state index contributed by atoms with van der Waals surface area (Å²) in [5.41, 5.74) is 1.00. The number of fused-ring (bicyclic) bond motifs is 1. The molecule has 0 aromatic heterocycles. The van der Waals surface area contributed by atoms with Crippen molar-refractivity contribution < 1.29 is 5.21 Å². The fourth-order valence-corrected chi connectivity index (χ4v) is 2.43. The van der Waals surface area contributed by atoms with E-state index in [1.165, 1.54) is 25.7 Å². The summed E-state index contributed by atoms with van der Waals surface area (Å²) in [5, 5.41) is 12.2. The fourth-order valence-electron chi connectivity index (χ4n) is 2.43. The van der Waals surface area contributed by atoms with Crippen LogP contribution in [0.2, 0.25) is 0 Å². The molecule has 0 spiro atoms. The lowest BCUT2D eigenvalue weighted by atomic mass is 9.73. The lowest BCUT2D eigenvalue weighted by molar-refractivity contribution is 0.295. The van der Waals surface area contributed by atoms with E-state index in [2.05, 4.69) is 17.3 Å². The second-order valence-electron chi connectivity index (χ2n) is 3.77. The van der Waals surface area contributed by atoms with E-state index in [0.717, 1.165) is 18.1 Å². The average Bonchev–Trinajstić information content (AvgIpc) is 2.17. The molecule has 1 N–H and O–H groups in total. The van der Waals surface area contributed by atoms with Crippen molar-refractivity contribution >= 4 is 5.71 Å². The summed E-state index contributed by atoms with van der Waals surface area (Å²) in [6.45, 7) is 0. The molecule has 0 bridgehead atoms. The molecule has 2 heteroatoms. The van der Waals surface area contributed by atoms with Gasteiger partial charge in [-0.2, -0.15) is 0 Å². The molecule has 1 saturated carbocycles. The van der Waals surface area contributed by atoms with Crippen molar-refractivity contribution in [2.24, 2.45) is 17.0 Å². The highest BCUT2D eigenvalue weighted by Crippen LogP contribution is 2.35. The highest BCUT2D eigenvalue weighted by atomic mass is 16.4. The highest BCUT2D eigenvalue weighted by Gasteiger charge is 2.29. The van der Waals surface area contributed by atoms with Gasteiger partial charge in [-0.25, -0.2) is 0 Å². The van der Waals surface area contributed by atoms with Crippen molar-refractivity contribution in [2.75, 3.05) is 0 Å². The predicted octanol–water partition coefficient (Wildman–Crippen LogP) is 2.58. The quantitative estimate of drug-likeness (QED) is 0.334. The van der Waals surface area contributed by atoms with Gasteiger partial charge in [-0.1, -0.05) is 17.3 Å². The molecule has 2 rings (SSSR count). The first-order valence-electron chi connectivity index (χ1n) is 4.79. The largest absolute Gasteiger partial charge is 0.411 e. The maximum atomic E-state index is 8.78. The van der Waals surface area contributed by atoms with Crippen LogP contribution >= 0.6 is 0 Å². The standard InChI is InChI=1S/C10H15NO/c12-11-10-7-3-5-8-4-1-2-6-9(8)10/h2,6,8-9,12H,1,3-5,7H2. The van der Waals surface area contributed by atoms with Crippen LogP contribution in [0, 0.1) is 11.8 Å². The minimum atomic E-state index is 0.456. The number of oxime groups is 1. The maximum Gasteiger partial charge on any atom is 0.0641 e. The Labute approximate surface area is 73.0 Å². The Morgan fingerprint density at radius 1 is 1.42 bits per heavy atom. The van der Waals surface area contributed by atoms with Crippen LogP contribution in [0.15, 0.2) is 17.3 Å². The Balaban J connectivity index is 2.19. The summed E-state index contributed by atoms with van der Waals surface area (Å²) in [7, 11) is 0. The normalized spacial score (nSPS) is 38.2. The molecular weight excluding hydrogens is 150 g/mol. The first kappa shape index (κ1) is 7.84. The van der Waals surface area contributed by atoms with Gasteiger partial charge in [0.1, 0.15) is 0 Å². The van der Waals surface area contributed by atoms with Crippen molar-refractivity contribution in [1.82, 2.24) is 0 Å². The summed E-state index contributed by atoms with van der Waals surface area (Å²) in [4.78, 5) is 0. The Morgan fingerprint density at radius 3 is 3.17 bits per heavy atom. The van der Waals surface area contributed by atoms with Gasteiger partial charge in [0.2, 0.25) is 0 Å². The van der Waals surface area contributed by atoms with E-state index >= 15 is 0 Å². The van der Waals surface area contributed by atoms with E-state index in [1.807, 2.05) is 0 Å². The molecule has 2 atom stereocenters. The van der Waals surface area contributed by atoms with Crippen LogP contribution in [0.3, 0.4) is 0 Å². The zero-order valence-electron chi connectivity index (χ0n) is 7.24. The minimum absolute atomic E-state index is 0.456. The summed E-state index contributed by atoms with van der Waals surface area (Å²) in [6.07, 6.45) is 10.4. The maximum absolute atomic E-state index is 8.78. The van der Waals surface area contributed by atoms with Crippen LogP contribution in [0.5, 0.6) is 0 Å². The predicted molar refractivity (Wildman–Crippen MR) is 48.4 cm³/mol. The third-order valence-corrected chi connectivity index (χ3v) is 3.08. The van der Waals surface area contributed by atoms with Crippen LogP contribution in [0.1, 0.15) is 32.1 Å². The minimum Gasteiger partial charge on any atom is -0.411 e. The second kappa shape index (κ2) is 3.30. The van der Waals surface area contributed by atoms with E-state index in [0.29, 0.717) is 5.92 Å². The van der Waals surface area contributed by atoms with Gasteiger partial charge in [0, 0.05) is 5.92 Å². The van der Waals surface area contributed by atoms with Gasteiger partial charge in [0.05, 0.1) is 5.71 Å². The van der Waals surface area contributed by atoms with E-state index in [9.17, 15) is 0 Å². The fraction of sp³-hybridized carbons (Fsp3) is 0.700. The van der Waals surface area contributed by atoms with Crippen molar-refractivity contribution in [3.63, 3.8) is 0 Å². The SMILES string of the molecule is ON=C1CCCC2CCC=CC12. The number of hydrogen-bond donors (Lipinski definition) is 1. The molecule has 0 radical (unpaired) electrons. The topological polar surface area (TPSA) is 32.6 Å². The van der Waals surface area contributed by atoms with Crippen LogP contribution in [-0.2, 0) is 0 Å². The molecule has 0 saturated heterocycles. The molecule has 0 aromatic rings. The molecule has 0 aliphatic heterocycles. The molecule has 2 aliphatic carbocycles. The monoisotopic (exact) mass is 165 g/mol. The Kier molecular flexibility index (Phi) is 2.15. The number of nitrogens with zero attached hydrogens (tertiary/aromatic N) is 1. The van der Waals surface area contributed by atoms with E-state index < -0.39 is 0 Å². The molecule has 0 amide bonds. The highest BCUT2D eigenvalue weighted by molar-refractivity contribution is 5.88. The second-order valence-corrected chi connectivity index (χ2v) is 3.77. The van der Waals surface area contributed by atoms with Gasteiger partial charge in [0.15, 0.2) is 0 Å². The third-order valence-electron chi connectivity index (χ3n) is 3.08. The Hall–Kier alpha value is -0.790. The summed E-state index contributed by atoms with van der Waals surface area (Å²) in [6, 6.07) is 0.